The molecule has 0 aromatic carbocycles. The van der Waals surface area contributed by atoms with Gasteiger partial charge < -0.3 is 4.90 Å². The molecule has 4 nitrogen and oxygen atoms in total. The van der Waals surface area contributed by atoms with Gasteiger partial charge in [-0.25, -0.2) is 9.97 Å². The Morgan fingerprint density at radius 2 is 1.95 bits per heavy atom. The average Bonchev–Trinajstić information content (AvgIpc) is 2.45. The van der Waals surface area contributed by atoms with Gasteiger partial charge in [0.1, 0.15) is 11.6 Å². The maximum atomic E-state index is 4.70. The maximum Gasteiger partial charge on any atom is 0.135 e. The normalized spacial score (nSPS) is 16.9. The van der Waals surface area contributed by atoms with Crippen LogP contribution in [0.3, 0.4) is 0 Å². The molecule has 2 rings (SSSR count). The van der Waals surface area contributed by atoms with Crippen LogP contribution in [0.5, 0.6) is 0 Å². The number of aryl methyl sites for hydroxylation is 1. The molecular formula is C15H26N4S. The number of piperazine rings is 1. The summed E-state index contributed by atoms with van der Waals surface area (Å²) in [4.78, 5) is 14.0. The van der Waals surface area contributed by atoms with Crippen molar-refractivity contribution in [3.8, 4) is 0 Å². The first kappa shape index (κ1) is 15.6. The van der Waals surface area contributed by atoms with Crippen LogP contribution in [0.4, 0.5) is 5.82 Å². The van der Waals surface area contributed by atoms with Crippen molar-refractivity contribution in [1.82, 2.24) is 14.9 Å². The van der Waals surface area contributed by atoms with Crippen LogP contribution in [0.2, 0.25) is 0 Å². The van der Waals surface area contributed by atoms with E-state index in [1.807, 2.05) is 24.9 Å². The first-order valence-electron chi connectivity index (χ1n) is 7.41. The second kappa shape index (κ2) is 7.27. The summed E-state index contributed by atoms with van der Waals surface area (Å²) < 4.78 is 0. The Morgan fingerprint density at radius 1 is 1.25 bits per heavy atom. The first-order valence-corrected chi connectivity index (χ1v) is 8.81. The zero-order chi connectivity index (χ0) is 14.5. The highest BCUT2D eigenvalue weighted by molar-refractivity contribution is 7.98. The molecule has 0 aliphatic carbocycles. The molecule has 0 saturated carbocycles. The zero-order valence-electron chi connectivity index (χ0n) is 13.1. The molecule has 1 aliphatic rings. The highest BCUT2D eigenvalue weighted by Gasteiger charge is 2.21. The van der Waals surface area contributed by atoms with Crippen molar-refractivity contribution in [2.45, 2.75) is 26.7 Å². The van der Waals surface area contributed by atoms with Gasteiger partial charge in [-0.3, -0.25) is 4.90 Å². The lowest BCUT2D eigenvalue weighted by molar-refractivity contribution is 0.272. The SMILES string of the molecule is CSCCN1CCN(c2nc(C)ncc2C(C)C)CC1. The number of hydrogen-bond donors (Lipinski definition) is 0. The lowest BCUT2D eigenvalue weighted by Crippen LogP contribution is -2.47. The molecule has 5 heteroatoms. The van der Waals surface area contributed by atoms with Gasteiger partial charge in [0.2, 0.25) is 0 Å². The molecule has 0 bridgehead atoms. The third kappa shape index (κ3) is 3.85. The fraction of sp³-hybridized carbons (Fsp3) is 0.733. The highest BCUT2D eigenvalue weighted by atomic mass is 32.2. The largest absolute Gasteiger partial charge is 0.354 e. The number of aromatic nitrogens is 2. The number of rotatable bonds is 5. The number of anilines is 1. The van der Waals surface area contributed by atoms with Crippen molar-refractivity contribution >= 4 is 17.6 Å². The van der Waals surface area contributed by atoms with Crippen LogP contribution in [0.15, 0.2) is 6.20 Å². The Hall–Kier alpha value is -0.810. The minimum atomic E-state index is 0.472. The van der Waals surface area contributed by atoms with Crippen molar-refractivity contribution in [2.75, 3.05) is 49.6 Å². The predicted octanol–water partition coefficient (Wildman–Crippen LogP) is 2.39. The molecule has 1 aromatic heterocycles. The highest BCUT2D eigenvalue weighted by Crippen LogP contribution is 2.25. The monoisotopic (exact) mass is 294 g/mol. The van der Waals surface area contributed by atoms with Crippen molar-refractivity contribution in [1.29, 1.82) is 0 Å². The average molecular weight is 294 g/mol. The molecule has 0 unspecified atom stereocenters. The van der Waals surface area contributed by atoms with Gasteiger partial charge in [0.15, 0.2) is 0 Å². The van der Waals surface area contributed by atoms with E-state index in [0.717, 1.165) is 37.8 Å². The van der Waals surface area contributed by atoms with Crippen molar-refractivity contribution < 1.29 is 0 Å². The van der Waals surface area contributed by atoms with Gasteiger partial charge in [0.05, 0.1) is 0 Å². The van der Waals surface area contributed by atoms with Crippen molar-refractivity contribution in [3.63, 3.8) is 0 Å². The van der Waals surface area contributed by atoms with Gasteiger partial charge in [-0.05, 0) is 19.1 Å². The van der Waals surface area contributed by atoms with Gasteiger partial charge in [-0.15, -0.1) is 0 Å². The number of nitrogens with zero attached hydrogens (tertiary/aromatic N) is 4. The van der Waals surface area contributed by atoms with Gasteiger partial charge in [-0.2, -0.15) is 11.8 Å². The Balaban J connectivity index is 2.04. The van der Waals surface area contributed by atoms with Gasteiger partial charge >= 0.3 is 0 Å². The predicted molar refractivity (Wildman–Crippen MR) is 87.9 cm³/mol. The first-order chi connectivity index (χ1) is 9.61. The number of hydrogen-bond acceptors (Lipinski definition) is 5. The molecule has 1 aliphatic heterocycles. The van der Waals surface area contributed by atoms with Crippen LogP contribution in [0, 0.1) is 6.92 Å². The van der Waals surface area contributed by atoms with Crippen LogP contribution >= 0.6 is 11.8 Å². The zero-order valence-corrected chi connectivity index (χ0v) is 13.9. The second-order valence-electron chi connectivity index (χ2n) is 5.67. The minimum absolute atomic E-state index is 0.472. The third-order valence-electron chi connectivity index (χ3n) is 3.82. The van der Waals surface area contributed by atoms with E-state index in [1.165, 1.54) is 17.9 Å². The van der Waals surface area contributed by atoms with E-state index in [1.54, 1.807) is 0 Å². The van der Waals surface area contributed by atoms with Gasteiger partial charge in [0.25, 0.3) is 0 Å². The number of thioether (sulfide) groups is 1. The van der Waals surface area contributed by atoms with Crippen LogP contribution in [-0.4, -0.2) is 59.6 Å². The summed E-state index contributed by atoms with van der Waals surface area (Å²) in [6.45, 7) is 12.0. The van der Waals surface area contributed by atoms with E-state index in [9.17, 15) is 0 Å². The Kier molecular flexibility index (Phi) is 5.66. The molecule has 1 saturated heterocycles. The smallest absolute Gasteiger partial charge is 0.135 e. The van der Waals surface area contributed by atoms with Gasteiger partial charge in [0, 0.05) is 50.2 Å². The van der Waals surface area contributed by atoms with Gasteiger partial charge in [-0.1, -0.05) is 13.8 Å². The lowest BCUT2D eigenvalue weighted by atomic mass is 10.1. The molecule has 0 amide bonds. The molecule has 0 N–H and O–H groups in total. The summed E-state index contributed by atoms with van der Waals surface area (Å²) >= 11 is 1.92. The second-order valence-corrected chi connectivity index (χ2v) is 6.66. The molecule has 0 atom stereocenters. The summed E-state index contributed by atoms with van der Waals surface area (Å²) in [6.07, 6.45) is 4.18. The summed E-state index contributed by atoms with van der Waals surface area (Å²) in [5, 5.41) is 0. The fourth-order valence-electron chi connectivity index (χ4n) is 2.53. The molecule has 112 valence electrons. The molecule has 1 aromatic rings. The molecule has 0 spiro atoms. The van der Waals surface area contributed by atoms with E-state index in [2.05, 4.69) is 34.9 Å². The van der Waals surface area contributed by atoms with E-state index >= 15 is 0 Å². The Morgan fingerprint density at radius 3 is 2.55 bits per heavy atom. The summed E-state index contributed by atoms with van der Waals surface area (Å²) in [5.41, 5.74) is 1.27. The Labute approximate surface area is 127 Å². The van der Waals surface area contributed by atoms with E-state index in [-0.39, 0.29) is 0 Å². The van der Waals surface area contributed by atoms with Crippen LogP contribution < -0.4 is 4.90 Å². The van der Waals surface area contributed by atoms with E-state index < -0.39 is 0 Å². The quantitative estimate of drug-likeness (QED) is 0.832. The summed E-state index contributed by atoms with van der Waals surface area (Å²) in [7, 11) is 0. The molecule has 0 radical (unpaired) electrons. The van der Waals surface area contributed by atoms with E-state index in [0.29, 0.717) is 5.92 Å². The van der Waals surface area contributed by atoms with Crippen LogP contribution in [0.1, 0.15) is 31.2 Å². The molecule has 1 fully saturated rings. The lowest BCUT2D eigenvalue weighted by Gasteiger charge is -2.36. The summed E-state index contributed by atoms with van der Waals surface area (Å²) in [5.74, 6) is 3.72. The van der Waals surface area contributed by atoms with Crippen molar-refractivity contribution in [3.05, 3.63) is 17.6 Å². The van der Waals surface area contributed by atoms with Crippen molar-refractivity contribution in [2.24, 2.45) is 0 Å². The molecule has 2 heterocycles. The van der Waals surface area contributed by atoms with Crippen LogP contribution in [0.25, 0.3) is 0 Å². The fourth-order valence-corrected chi connectivity index (χ4v) is 2.97. The topological polar surface area (TPSA) is 32.3 Å². The standard InChI is InChI=1S/C15H26N4S/c1-12(2)14-11-16-13(3)17-15(14)19-7-5-18(6-8-19)9-10-20-4/h11-12H,5-10H2,1-4H3. The van der Waals surface area contributed by atoms with E-state index in [4.69, 9.17) is 4.98 Å². The minimum Gasteiger partial charge on any atom is -0.354 e. The maximum absolute atomic E-state index is 4.70. The van der Waals surface area contributed by atoms with Crippen LogP contribution in [-0.2, 0) is 0 Å². The molecule has 20 heavy (non-hydrogen) atoms. The third-order valence-corrected chi connectivity index (χ3v) is 4.41. The Bertz CT molecular complexity index is 428. The molecular weight excluding hydrogens is 268 g/mol. The summed E-state index contributed by atoms with van der Waals surface area (Å²) in [6, 6.07) is 0.